The molecular formula is C22H24N4O5. The van der Waals surface area contributed by atoms with Crippen LogP contribution in [0.3, 0.4) is 0 Å². The van der Waals surface area contributed by atoms with Crippen molar-refractivity contribution >= 4 is 23.5 Å². The number of carboxylic acid groups (broad SMARTS) is 2. The predicted molar refractivity (Wildman–Crippen MR) is 115 cm³/mol. The summed E-state index contributed by atoms with van der Waals surface area (Å²) < 4.78 is 6.04. The number of carboxylic acids is 2. The van der Waals surface area contributed by atoms with Gasteiger partial charge < -0.3 is 24.7 Å². The number of hydrogen-bond donors (Lipinski definition) is 2. The number of benzene rings is 1. The Morgan fingerprint density at radius 1 is 1.06 bits per heavy atom. The molecule has 9 heteroatoms. The zero-order valence-corrected chi connectivity index (χ0v) is 17.4. The molecule has 0 radical (unpaired) electrons. The van der Waals surface area contributed by atoms with E-state index in [1.54, 1.807) is 6.20 Å². The van der Waals surface area contributed by atoms with Gasteiger partial charge in [-0.15, -0.1) is 0 Å². The number of nitrogens with zero attached hydrogens (tertiary/aromatic N) is 4. The highest BCUT2D eigenvalue weighted by atomic mass is 16.5. The Bertz CT molecular complexity index is 1010. The summed E-state index contributed by atoms with van der Waals surface area (Å²) in [7, 11) is 2.16. The van der Waals surface area contributed by atoms with Crippen molar-refractivity contribution < 1.29 is 24.5 Å². The van der Waals surface area contributed by atoms with Crippen molar-refractivity contribution in [1.29, 1.82) is 0 Å². The van der Waals surface area contributed by atoms with E-state index in [-0.39, 0.29) is 0 Å². The number of aryl methyl sites for hydroxylation is 1. The molecule has 2 aromatic rings. The topological polar surface area (TPSA) is 116 Å². The third-order valence-electron chi connectivity index (χ3n) is 4.73. The van der Waals surface area contributed by atoms with Crippen LogP contribution in [0.2, 0.25) is 0 Å². The molecule has 0 amide bonds. The molecule has 9 nitrogen and oxygen atoms in total. The van der Waals surface area contributed by atoms with Crippen molar-refractivity contribution in [1.82, 2.24) is 14.8 Å². The lowest BCUT2D eigenvalue weighted by molar-refractivity contribution is -0.134. The van der Waals surface area contributed by atoms with Crippen molar-refractivity contribution in [3.63, 3.8) is 0 Å². The molecule has 1 aromatic heterocycles. The van der Waals surface area contributed by atoms with Gasteiger partial charge in [-0.05, 0) is 43.8 Å². The van der Waals surface area contributed by atoms with Crippen LogP contribution in [-0.2, 0) is 9.59 Å². The number of aliphatic imine (C=N–C) groups is 1. The first-order valence-corrected chi connectivity index (χ1v) is 9.73. The number of hydrogen-bond acceptors (Lipinski definition) is 7. The molecule has 31 heavy (non-hydrogen) atoms. The number of ether oxygens (including phenoxy) is 1. The van der Waals surface area contributed by atoms with Gasteiger partial charge in [0, 0.05) is 44.5 Å². The fraction of sp³-hybridized carbons (Fsp3) is 0.273. The zero-order chi connectivity index (χ0) is 22.4. The number of pyridine rings is 1. The second kappa shape index (κ2) is 9.86. The van der Waals surface area contributed by atoms with Crippen molar-refractivity contribution in [2.75, 3.05) is 33.2 Å². The minimum atomic E-state index is -1.26. The van der Waals surface area contributed by atoms with E-state index in [2.05, 4.69) is 34.8 Å². The molecule has 2 N–H and O–H groups in total. The number of amidine groups is 1. The van der Waals surface area contributed by atoms with E-state index in [1.165, 1.54) is 5.56 Å². The molecule has 162 valence electrons. The van der Waals surface area contributed by atoms with E-state index in [1.807, 2.05) is 24.3 Å². The molecule has 0 aliphatic carbocycles. The van der Waals surface area contributed by atoms with Crippen LogP contribution in [-0.4, -0.2) is 76.0 Å². The predicted octanol–water partition coefficient (Wildman–Crippen LogP) is 2.53. The summed E-state index contributed by atoms with van der Waals surface area (Å²) in [5.41, 5.74) is 3.01. The van der Waals surface area contributed by atoms with E-state index >= 15 is 0 Å². The Balaban J connectivity index is 0.000000293. The van der Waals surface area contributed by atoms with Gasteiger partial charge in [-0.1, -0.05) is 6.07 Å². The minimum Gasteiger partial charge on any atom is -0.478 e. The normalized spacial score (nSPS) is 15.5. The smallest absolute Gasteiger partial charge is 0.328 e. The molecule has 4 rings (SSSR count). The molecule has 3 heterocycles. The quantitative estimate of drug-likeness (QED) is 0.707. The fourth-order valence-electron chi connectivity index (χ4n) is 3.12. The van der Waals surface area contributed by atoms with Crippen molar-refractivity contribution in [3.05, 3.63) is 59.8 Å². The first-order valence-electron chi connectivity index (χ1n) is 9.73. The maximum atomic E-state index is 9.55. The number of rotatable bonds is 2. The highest BCUT2D eigenvalue weighted by Crippen LogP contribution is 2.37. The van der Waals surface area contributed by atoms with Gasteiger partial charge in [0.15, 0.2) is 5.75 Å². The van der Waals surface area contributed by atoms with Crippen LogP contribution in [0, 0.1) is 6.92 Å². The van der Waals surface area contributed by atoms with Crippen LogP contribution in [0.5, 0.6) is 11.6 Å². The van der Waals surface area contributed by atoms with E-state index < -0.39 is 11.9 Å². The molecule has 2 aliphatic rings. The monoisotopic (exact) mass is 424 g/mol. The summed E-state index contributed by atoms with van der Waals surface area (Å²) in [6.45, 7) is 6.07. The van der Waals surface area contributed by atoms with Crippen LogP contribution in [0.4, 0.5) is 5.69 Å². The molecule has 1 aromatic carbocycles. The largest absolute Gasteiger partial charge is 0.478 e. The number of aromatic nitrogens is 1. The third-order valence-corrected chi connectivity index (χ3v) is 4.73. The Morgan fingerprint density at radius 3 is 2.39 bits per heavy atom. The van der Waals surface area contributed by atoms with E-state index in [9.17, 15) is 9.59 Å². The highest BCUT2D eigenvalue weighted by molar-refractivity contribution is 6.03. The summed E-state index contributed by atoms with van der Waals surface area (Å²) in [4.78, 5) is 33.2. The van der Waals surface area contributed by atoms with E-state index in [4.69, 9.17) is 19.9 Å². The SMILES string of the molecule is Cc1ccc2c(c1)N=C(N1CCN(C)CC1)c1cccnc1O2.O=C(O)/C=C/C(=O)O. The molecule has 0 saturated carbocycles. The number of fused-ring (bicyclic) bond motifs is 2. The fourth-order valence-corrected chi connectivity index (χ4v) is 3.12. The van der Waals surface area contributed by atoms with Crippen LogP contribution < -0.4 is 4.74 Å². The number of carbonyl (C=O) groups is 2. The van der Waals surface area contributed by atoms with Gasteiger partial charge in [-0.2, -0.15) is 0 Å². The third kappa shape index (κ3) is 5.89. The Labute approximate surface area is 179 Å². The molecule has 0 spiro atoms. The molecule has 2 aliphatic heterocycles. The molecule has 0 atom stereocenters. The second-order valence-electron chi connectivity index (χ2n) is 7.16. The minimum absolute atomic E-state index is 0.558. The van der Waals surface area contributed by atoms with Crippen molar-refractivity contribution in [2.24, 2.45) is 4.99 Å². The molecule has 1 fully saturated rings. The summed E-state index contributed by atoms with van der Waals surface area (Å²) in [5, 5.41) is 15.6. The van der Waals surface area contributed by atoms with Crippen LogP contribution in [0.15, 0.2) is 53.7 Å². The van der Waals surface area contributed by atoms with Gasteiger partial charge in [-0.3, -0.25) is 0 Å². The summed E-state index contributed by atoms with van der Waals surface area (Å²) in [6, 6.07) is 10.1. The Hall–Kier alpha value is -3.72. The molecule has 1 saturated heterocycles. The Kier molecular flexibility index (Phi) is 6.99. The zero-order valence-electron chi connectivity index (χ0n) is 17.4. The average Bonchev–Trinajstić information content (AvgIpc) is 2.90. The van der Waals surface area contributed by atoms with Crippen molar-refractivity contribution in [3.8, 4) is 11.6 Å². The second-order valence-corrected chi connectivity index (χ2v) is 7.16. The van der Waals surface area contributed by atoms with E-state index in [0.717, 1.165) is 49.0 Å². The summed E-state index contributed by atoms with van der Waals surface area (Å²) in [5.74, 6) is -0.155. The first-order chi connectivity index (χ1) is 14.8. The van der Waals surface area contributed by atoms with Crippen LogP contribution in [0.25, 0.3) is 0 Å². The van der Waals surface area contributed by atoms with Gasteiger partial charge in [0.1, 0.15) is 11.5 Å². The summed E-state index contributed by atoms with van der Waals surface area (Å²) in [6.07, 6.45) is 2.88. The molecular weight excluding hydrogens is 400 g/mol. The molecule has 0 bridgehead atoms. The maximum absolute atomic E-state index is 9.55. The lowest BCUT2D eigenvalue weighted by atomic mass is 10.2. The number of piperazine rings is 1. The summed E-state index contributed by atoms with van der Waals surface area (Å²) >= 11 is 0. The van der Waals surface area contributed by atoms with Crippen LogP contribution >= 0.6 is 0 Å². The van der Waals surface area contributed by atoms with Gasteiger partial charge in [0.2, 0.25) is 5.88 Å². The number of likely N-dealkylation sites (N-methyl/N-ethyl adjacent to an activating group) is 1. The van der Waals surface area contributed by atoms with Crippen molar-refractivity contribution in [2.45, 2.75) is 6.92 Å². The Morgan fingerprint density at radius 2 is 1.74 bits per heavy atom. The lowest BCUT2D eigenvalue weighted by Crippen LogP contribution is -2.47. The van der Waals surface area contributed by atoms with E-state index in [0.29, 0.717) is 18.0 Å². The number of aliphatic carboxylic acids is 2. The van der Waals surface area contributed by atoms with Gasteiger partial charge in [0.25, 0.3) is 0 Å². The molecule has 0 unspecified atom stereocenters. The van der Waals surface area contributed by atoms with Gasteiger partial charge in [0.05, 0.1) is 5.56 Å². The average molecular weight is 424 g/mol. The first kappa shape index (κ1) is 22.0. The van der Waals surface area contributed by atoms with Gasteiger partial charge >= 0.3 is 11.9 Å². The maximum Gasteiger partial charge on any atom is 0.328 e. The lowest BCUT2D eigenvalue weighted by Gasteiger charge is -2.34. The highest BCUT2D eigenvalue weighted by Gasteiger charge is 2.25. The van der Waals surface area contributed by atoms with Crippen LogP contribution in [0.1, 0.15) is 11.1 Å². The standard InChI is InChI=1S/C18H20N4O.C4H4O4/c1-13-5-6-16-15(12-13)20-17(22-10-8-21(2)9-11-22)14-4-3-7-19-18(14)23-16;5-3(6)1-2-4(7)8/h3-7,12H,8-11H2,1-2H3;1-2H,(H,5,6)(H,7,8)/b;2-1+. The van der Waals surface area contributed by atoms with Gasteiger partial charge in [-0.25, -0.2) is 19.6 Å².